The predicted octanol–water partition coefficient (Wildman–Crippen LogP) is 2.83. The van der Waals surface area contributed by atoms with E-state index < -0.39 is 0 Å². The average molecular weight is 249 g/mol. The van der Waals surface area contributed by atoms with Crippen molar-refractivity contribution in [3.63, 3.8) is 0 Å². The molecule has 2 rings (SSSR count). The summed E-state index contributed by atoms with van der Waals surface area (Å²) < 4.78 is 11.4. The third kappa shape index (κ3) is 3.24. The Kier molecular flexibility index (Phi) is 4.61. The van der Waals surface area contributed by atoms with Crippen molar-refractivity contribution >= 4 is 0 Å². The maximum absolute atomic E-state index is 5.84. The molecule has 0 aromatic heterocycles. The summed E-state index contributed by atoms with van der Waals surface area (Å²) in [6.45, 7) is 5.80. The highest BCUT2D eigenvalue weighted by atomic mass is 16.5. The monoisotopic (exact) mass is 249 g/mol. The van der Waals surface area contributed by atoms with Gasteiger partial charge in [0.05, 0.1) is 6.10 Å². The fraction of sp³-hybridized carbons (Fsp3) is 0.600. The first-order valence-corrected chi connectivity index (χ1v) is 6.73. The molecule has 1 saturated heterocycles. The van der Waals surface area contributed by atoms with Crippen molar-refractivity contribution in [1.29, 1.82) is 0 Å². The number of hydrogen-bond donors (Lipinski definition) is 1. The van der Waals surface area contributed by atoms with E-state index >= 15 is 0 Å². The van der Waals surface area contributed by atoms with Gasteiger partial charge in [0.2, 0.25) is 0 Å². The van der Waals surface area contributed by atoms with Crippen LogP contribution in [-0.2, 0) is 4.74 Å². The van der Waals surface area contributed by atoms with Gasteiger partial charge in [0.1, 0.15) is 12.4 Å². The largest absolute Gasteiger partial charge is 0.491 e. The minimum atomic E-state index is 0.278. The molecule has 0 saturated carbocycles. The zero-order chi connectivity index (χ0) is 13.0. The van der Waals surface area contributed by atoms with Gasteiger partial charge in [-0.15, -0.1) is 0 Å². The lowest BCUT2D eigenvalue weighted by atomic mass is 10.1. The van der Waals surface area contributed by atoms with Crippen LogP contribution in [0.1, 0.15) is 36.9 Å². The standard InChI is InChI=1S/C15H23NO2/c1-11-9-13(12(2)16-3)6-7-15(11)18-10-14-5-4-8-17-14/h6-7,9,12,14,16H,4-5,8,10H2,1-3H3. The number of benzene rings is 1. The molecule has 0 amide bonds. The second kappa shape index (κ2) is 6.21. The number of rotatable bonds is 5. The van der Waals surface area contributed by atoms with Crippen LogP contribution in [0.2, 0.25) is 0 Å². The second-order valence-electron chi connectivity index (χ2n) is 4.98. The molecule has 1 aliphatic rings. The number of nitrogens with one attached hydrogen (secondary N) is 1. The van der Waals surface area contributed by atoms with Gasteiger partial charge in [0, 0.05) is 12.6 Å². The Balaban J connectivity index is 1.96. The zero-order valence-electron chi connectivity index (χ0n) is 11.5. The first-order chi connectivity index (χ1) is 8.70. The highest BCUT2D eigenvalue weighted by Gasteiger charge is 2.16. The van der Waals surface area contributed by atoms with Gasteiger partial charge in [0.15, 0.2) is 0 Å². The molecule has 0 aliphatic carbocycles. The summed E-state index contributed by atoms with van der Waals surface area (Å²) in [6, 6.07) is 6.74. The van der Waals surface area contributed by atoms with Crippen molar-refractivity contribution in [3.8, 4) is 5.75 Å². The Morgan fingerprint density at radius 2 is 2.33 bits per heavy atom. The summed E-state index contributed by atoms with van der Waals surface area (Å²) in [5, 5.41) is 3.24. The molecule has 1 fully saturated rings. The molecule has 2 atom stereocenters. The molecule has 1 aromatic carbocycles. The topological polar surface area (TPSA) is 30.5 Å². The smallest absolute Gasteiger partial charge is 0.122 e. The highest BCUT2D eigenvalue weighted by Crippen LogP contribution is 2.23. The Hall–Kier alpha value is -1.06. The Labute approximate surface area is 109 Å². The number of ether oxygens (including phenoxy) is 2. The summed E-state index contributed by atoms with van der Waals surface area (Å²) in [6.07, 6.45) is 2.56. The van der Waals surface area contributed by atoms with Crippen molar-refractivity contribution in [1.82, 2.24) is 5.32 Å². The van der Waals surface area contributed by atoms with Crippen LogP contribution in [0.15, 0.2) is 18.2 Å². The lowest BCUT2D eigenvalue weighted by molar-refractivity contribution is 0.0677. The molecule has 1 N–H and O–H groups in total. The molecule has 3 heteroatoms. The second-order valence-corrected chi connectivity index (χ2v) is 4.98. The van der Waals surface area contributed by atoms with E-state index in [2.05, 4.69) is 37.4 Å². The summed E-state index contributed by atoms with van der Waals surface area (Å²) in [5.41, 5.74) is 2.48. The van der Waals surface area contributed by atoms with Gasteiger partial charge in [-0.2, -0.15) is 0 Å². The van der Waals surface area contributed by atoms with Crippen molar-refractivity contribution in [2.45, 2.75) is 38.8 Å². The average Bonchev–Trinajstić information content (AvgIpc) is 2.89. The Morgan fingerprint density at radius 1 is 1.50 bits per heavy atom. The van der Waals surface area contributed by atoms with Crippen LogP contribution >= 0.6 is 0 Å². The number of aryl methyl sites for hydroxylation is 1. The van der Waals surface area contributed by atoms with E-state index in [0.29, 0.717) is 12.6 Å². The van der Waals surface area contributed by atoms with Gasteiger partial charge >= 0.3 is 0 Å². The maximum Gasteiger partial charge on any atom is 0.122 e. The molecule has 0 spiro atoms. The van der Waals surface area contributed by atoms with Crippen LogP contribution in [0.5, 0.6) is 5.75 Å². The number of hydrogen-bond acceptors (Lipinski definition) is 3. The van der Waals surface area contributed by atoms with E-state index in [1.807, 2.05) is 7.05 Å². The van der Waals surface area contributed by atoms with Crippen LogP contribution in [0.3, 0.4) is 0 Å². The van der Waals surface area contributed by atoms with Gasteiger partial charge in [0.25, 0.3) is 0 Å². The first kappa shape index (κ1) is 13.4. The molecule has 3 nitrogen and oxygen atoms in total. The SMILES string of the molecule is CNC(C)c1ccc(OCC2CCCO2)c(C)c1. The van der Waals surface area contributed by atoms with Crippen LogP contribution in [0.25, 0.3) is 0 Å². The molecule has 0 bridgehead atoms. The zero-order valence-corrected chi connectivity index (χ0v) is 11.5. The molecule has 100 valence electrons. The minimum absolute atomic E-state index is 0.278. The fourth-order valence-corrected chi connectivity index (χ4v) is 2.23. The van der Waals surface area contributed by atoms with Crippen LogP contribution in [-0.4, -0.2) is 26.4 Å². The molecule has 18 heavy (non-hydrogen) atoms. The molecule has 0 radical (unpaired) electrons. The third-order valence-electron chi connectivity index (χ3n) is 3.58. The Morgan fingerprint density at radius 3 is 2.94 bits per heavy atom. The van der Waals surface area contributed by atoms with Crippen LogP contribution in [0.4, 0.5) is 0 Å². The molecular formula is C15H23NO2. The predicted molar refractivity (Wildman–Crippen MR) is 73.1 cm³/mol. The fourth-order valence-electron chi connectivity index (χ4n) is 2.23. The molecule has 1 aromatic rings. The summed E-state index contributed by atoms with van der Waals surface area (Å²) in [5.74, 6) is 0.970. The van der Waals surface area contributed by atoms with Crippen LogP contribution < -0.4 is 10.1 Å². The van der Waals surface area contributed by atoms with Gasteiger partial charge < -0.3 is 14.8 Å². The highest BCUT2D eigenvalue weighted by molar-refractivity contribution is 5.37. The van der Waals surface area contributed by atoms with E-state index in [4.69, 9.17) is 9.47 Å². The van der Waals surface area contributed by atoms with Gasteiger partial charge in [-0.25, -0.2) is 0 Å². The first-order valence-electron chi connectivity index (χ1n) is 6.73. The van der Waals surface area contributed by atoms with Crippen molar-refractivity contribution < 1.29 is 9.47 Å². The molecular weight excluding hydrogens is 226 g/mol. The van der Waals surface area contributed by atoms with Crippen molar-refractivity contribution in [2.75, 3.05) is 20.3 Å². The maximum atomic E-state index is 5.84. The lowest BCUT2D eigenvalue weighted by Gasteiger charge is -2.16. The molecule has 1 heterocycles. The van der Waals surface area contributed by atoms with Gasteiger partial charge in [-0.3, -0.25) is 0 Å². The molecule has 1 aliphatic heterocycles. The van der Waals surface area contributed by atoms with Crippen LogP contribution in [0, 0.1) is 6.92 Å². The summed E-state index contributed by atoms with van der Waals surface area (Å²) >= 11 is 0. The van der Waals surface area contributed by atoms with Gasteiger partial charge in [-0.05, 0) is 50.9 Å². The summed E-state index contributed by atoms with van der Waals surface area (Å²) in [7, 11) is 1.97. The quantitative estimate of drug-likeness (QED) is 0.870. The lowest BCUT2D eigenvalue weighted by Crippen LogP contribution is -2.17. The van der Waals surface area contributed by atoms with E-state index in [0.717, 1.165) is 25.2 Å². The van der Waals surface area contributed by atoms with E-state index in [9.17, 15) is 0 Å². The van der Waals surface area contributed by atoms with Crippen molar-refractivity contribution in [2.24, 2.45) is 0 Å². The van der Waals surface area contributed by atoms with E-state index in [1.165, 1.54) is 11.1 Å². The van der Waals surface area contributed by atoms with Gasteiger partial charge in [-0.1, -0.05) is 12.1 Å². The third-order valence-corrected chi connectivity index (χ3v) is 3.58. The van der Waals surface area contributed by atoms with E-state index in [-0.39, 0.29) is 6.10 Å². The summed E-state index contributed by atoms with van der Waals surface area (Å²) in [4.78, 5) is 0. The normalized spacial score (nSPS) is 20.9. The molecule has 2 unspecified atom stereocenters. The Bertz CT molecular complexity index is 386. The van der Waals surface area contributed by atoms with E-state index in [1.54, 1.807) is 0 Å². The van der Waals surface area contributed by atoms with Crippen molar-refractivity contribution in [3.05, 3.63) is 29.3 Å². The minimum Gasteiger partial charge on any atom is -0.491 e.